The zero-order chi connectivity index (χ0) is 15.8. The number of likely N-dealkylation sites (tertiary alicyclic amines) is 1. The zero-order valence-electron chi connectivity index (χ0n) is 14.5. The highest BCUT2D eigenvalue weighted by Crippen LogP contribution is 2.51. The van der Waals surface area contributed by atoms with E-state index in [1.54, 1.807) is 5.56 Å². The van der Waals surface area contributed by atoms with Crippen LogP contribution in [0.1, 0.15) is 56.1 Å². The van der Waals surface area contributed by atoms with Crippen molar-refractivity contribution in [2.45, 2.75) is 51.4 Å². The Bertz CT molecular complexity index is 563. The molecule has 4 rings (SSSR count). The van der Waals surface area contributed by atoms with Crippen LogP contribution in [0.25, 0.3) is 0 Å². The average Bonchev–Trinajstić information content (AvgIpc) is 3.14. The zero-order valence-corrected chi connectivity index (χ0v) is 14.5. The molecule has 0 amide bonds. The summed E-state index contributed by atoms with van der Waals surface area (Å²) in [4.78, 5) is 2.48. The molecule has 1 aromatic rings. The summed E-state index contributed by atoms with van der Waals surface area (Å²) >= 11 is 0. The second kappa shape index (κ2) is 6.35. The molecule has 0 aromatic heterocycles. The molecule has 2 atom stereocenters. The second-order valence-corrected chi connectivity index (χ2v) is 7.68. The van der Waals surface area contributed by atoms with Gasteiger partial charge in [0.2, 0.25) is 6.79 Å². The van der Waals surface area contributed by atoms with E-state index < -0.39 is 0 Å². The topological polar surface area (TPSA) is 21.7 Å². The first-order valence-electron chi connectivity index (χ1n) is 9.37. The van der Waals surface area contributed by atoms with Gasteiger partial charge in [-0.1, -0.05) is 19.8 Å². The number of rotatable bonds is 4. The van der Waals surface area contributed by atoms with Crippen molar-refractivity contribution in [3.05, 3.63) is 23.3 Å². The molecule has 3 heteroatoms. The van der Waals surface area contributed by atoms with Gasteiger partial charge in [0.15, 0.2) is 11.5 Å². The Labute approximate surface area is 140 Å². The lowest BCUT2D eigenvalue weighted by atomic mass is 9.75. The van der Waals surface area contributed by atoms with Gasteiger partial charge < -0.3 is 14.4 Å². The summed E-state index contributed by atoms with van der Waals surface area (Å²) in [5, 5.41) is 0. The monoisotopic (exact) mass is 315 g/mol. The molecule has 0 N–H and O–H groups in total. The third kappa shape index (κ3) is 2.84. The van der Waals surface area contributed by atoms with E-state index >= 15 is 0 Å². The van der Waals surface area contributed by atoms with Crippen molar-refractivity contribution >= 4 is 0 Å². The molecule has 2 heterocycles. The Morgan fingerprint density at radius 1 is 1.13 bits per heavy atom. The van der Waals surface area contributed by atoms with Gasteiger partial charge in [-0.25, -0.2) is 0 Å². The molecule has 1 aliphatic carbocycles. The molecule has 1 fully saturated rings. The Morgan fingerprint density at radius 3 is 2.61 bits per heavy atom. The van der Waals surface area contributed by atoms with Crippen LogP contribution in [-0.2, 0) is 6.42 Å². The van der Waals surface area contributed by atoms with Crippen LogP contribution in [0.2, 0.25) is 0 Å². The number of hydrogen-bond acceptors (Lipinski definition) is 3. The van der Waals surface area contributed by atoms with E-state index in [-0.39, 0.29) is 0 Å². The molecule has 3 nitrogen and oxygen atoms in total. The minimum Gasteiger partial charge on any atom is -0.454 e. The first-order valence-corrected chi connectivity index (χ1v) is 9.37. The van der Waals surface area contributed by atoms with Crippen molar-refractivity contribution in [2.24, 2.45) is 11.8 Å². The SMILES string of the molecule is CCCCC1Cc2cc3c(cc2C1C1CCN(C)CC1)OCO3. The van der Waals surface area contributed by atoms with Gasteiger partial charge in [-0.05, 0) is 86.8 Å². The number of nitrogens with zero attached hydrogens (tertiary/aromatic N) is 1. The van der Waals surface area contributed by atoms with Crippen molar-refractivity contribution in [1.82, 2.24) is 4.90 Å². The number of hydrogen-bond donors (Lipinski definition) is 0. The predicted molar refractivity (Wildman–Crippen MR) is 92.2 cm³/mol. The van der Waals surface area contributed by atoms with Crippen LogP contribution in [0.15, 0.2) is 12.1 Å². The number of benzene rings is 1. The summed E-state index contributed by atoms with van der Waals surface area (Å²) in [7, 11) is 2.26. The van der Waals surface area contributed by atoms with Gasteiger partial charge in [-0.15, -0.1) is 0 Å². The highest BCUT2D eigenvalue weighted by atomic mass is 16.7. The van der Waals surface area contributed by atoms with E-state index in [1.165, 1.54) is 57.2 Å². The Hall–Kier alpha value is -1.22. The van der Waals surface area contributed by atoms with Crippen molar-refractivity contribution < 1.29 is 9.47 Å². The third-order valence-electron chi connectivity index (χ3n) is 6.18. The van der Waals surface area contributed by atoms with Crippen molar-refractivity contribution in [3.8, 4) is 11.5 Å². The maximum absolute atomic E-state index is 5.66. The van der Waals surface area contributed by atoms with Crippen LogP contribution in [0.3, 0.4) is 0 Å². The highest BCUT2D eigenvalue weighted by Gasteiger charge is 2.39. The van der Waals surface area contributed by atoms with Crippen LogP contribution in [0, 0.1) is 11.8 Å². The van der Waals surface area contributed by atoms with E-state index in [0.29, 0.717) is 6.79 Å². The third-order valence-corrected chi connectivity index (χ3v) is 6.18. The maximum Gasteiger partial charge on any atom is 0.231 e. The lowest BCUT2D eigenvalue weighted by Crippen LogP contribution is -2.33. The Kier molecular flexibility index (Phi) is 4.23. The molecule has 0 bridgehead atoms. The fourth-order valence-electron chi connectivity index (χ4n) is 4.92. The van der Waals surface area contributed by atoms with Gasteiger partial charge in [-0.2, -0.15) is 0 Å². The number of unbranched alkanes of at least 4 members (excludes halogenated alkanes) is 1. The van der Waals surface area contributed by atoms with Crippen LogP contribution >= 0.6 is 0 Å². The smallest absolute Gasteiger partial charge is 0.231 e. The van der Waals surface area contributed by atoms with Crippen molar-refractivity contribution in [1.29, 1.82) is 0 Å². The Morgan fingerprint density at radius 2 is 1.87 bits per heavy atom. The second-order valence-electron chi connectivity index (χ2n) is 7.68. The van der Waals surface area contributed by atoms with Crippen LogP contribution in [0.4, 0.5) is 0 Å². The standard InChI is InChI=1S/C20H29NO2/c1-3-4-5-15-10-16-11-18-19(23-13-22-18)12-17(16)20(15)14-6-8-21(2)9-7-14/h11-12,14-15,20H,3-10,13H2,1-2H3. The average molecular weight is 315 g/mol. The van der Waals surface area contributed by atoms with Crippen LogP contribution < -0.4 is 9.47 Å². The fraction of sp³-hybridized carbons (Fsp3) is 0.700. The number of piperidine rings is 1. The molecule has 2 aliphatic heterocycles. The van der Waals surface area contributed by atoms with Crippen molar-refractivity contribution in [3.63, 3.8) is 0 Å². The molecule has 1 aromatic carbocycles. The Balaban J connectivity index is 1.63. The van der Waals surface area contributed by atoms with E-state index in [0.717, 1.165) is 29.3 Å². The molecule has 2 unspecified atom stereocenters. The van der Waals surface area contributed by atoms with E-state index in [2.05, 4.69) is 31.0 Å². The molecule has 0 radical (unpaired) electrons. The van der Waals surface area contributed by atoms with Gasteiger partial charge in [0.05, 0.1) is 0 Å². The molecule has 0 spiro atoms. The van der Waals surface area contributed by atoms with E-state index in [1.807, 2.05) is 0 Å². The first kappa shape index (κ1) is 15.3. The highest BCUT2D eigenvalue weighted by molar-refractivity contribution is 5.52. The lowest BCUT2D eigenvalue weighted by molar-refractivity contribution is 0.171. The summed E-state index contributed by atoms with van der Waals surface area (Å²) in [6.07, 6.45) is 7.96. The quantitative estimate of drug-likeness (QED) is 0.831. The van der Waals surface area contributed by atoms with E-state index in [4.69, 9.17) is 9.47 Å². The molecule has 126 valence electrons. The molecular formula is C20H29NO2. The maximum atomic E-state index is 5.66. The van der Waals surface area contributed by atoms with Gasteiger partial charge in [0, 0.05) is 0 Å². The fourth-order valence-corrected chi connectivity index (χ4v) is 4.92. The predicted octanol–water partition coefficient (Wildman–Crippen LogP) is 4.20. The summed E-state index contributed by atoms with van der Waals surface area (Å²) in [5.74, 6) is 4.33. The van der Waals surface area contributed by atoms with Crippen molar-refractivity contribution in [2.75, 3.05) is 26.9 Å². The molecule has 1 saturated heterocycles. The molecular weight excluding hydrogens is 286 g/mol. The van der Waals surface area contributed by atoms with Crippen LogP contribution in [-0.4, -0.2) is 31.8 Å². The summed E-state index contributed by atoms with van der Waals surface area (Å²) in [6.45, 7) is 5.20. The van der Waals surface area contributed by atoms with Gasteiger partial charge in [0.1, 0.15) is 0 Å². The lowest BCUT2D eigenvalue weighted by Gasteiger charge is -2.36. The molecule has 23 heavy (non-hydrogen) atoms. The van der Waals surface area contributed by atoms with E-state index in [9.17, 15) is 0 Å². The van der Waals surface area contributed by atoms with Gasteiger partial charge >= 0.3 is 0 Å². The van der Waals surface area contributed by atoms with Gasteiger partial charge in [-0.3, -0.25) is 0 Å². The molecule has 0 saturated carbocycles. The normalized spacial score (nSPS) is 27.4. The minimum atomic E-state index is 0.385. The minimum absolute atomic E-state index is 0.385. The van der Waals surface area contributed by atoms with Crippen LogP contribution in [0.5, 0.6) is 11.5 Å². The number of fused-ring (bicyclic) bond motifs is 2. The number of ether oxygens (including phenoxy) is 2. The summed E-state index contributed by atoms with van der Waals surface area (Å²) in [5.41, 5.74) is 3.10. The first-order chi connectivity index (χ1) is 11.3. The summed E-state index contributed by atoms with van der Waals surface area (Å²) < 4.78 is 11.3. The largest absolute Gasteiger partial charge is 0.454 e. The summed E-state index contributed by atoms with van der Waals surface area (Å²) in [6, 6.07) is 4.58. The van der Waals surface area contributed by atoms with Gasteiger partial charge in [0.25, 0.3) is 0 Å². The molecule has 3 aliphatic rings.